The largest absolute Gasteiger partial charge is 0.461 e. The van der Waals surface area contributed by atoms with Crippen molar-refractivity contribution in [3.05, 3.63) is 71.8 Å². The van der Waals surface area contributed by atoms with Crippen LogP contribution in [0.3, 0.4) is 0 Å². The van der Waals surface area contributed by atoms with Gasteiger partial charge in [-0.05, 0) is 31.9 Å². The molecule has 38 heavy (non-hydrogen) atoms. The van der Waals surface area contributed by atoms with E-state index in [1.165, 1.54) is 4.90 Å². The van der Waals surface area contributed by atoms with E-state index >= 15 is 0 Å². The summed E-state index contributed by atoms with van der Waals surface area (Å²) in [5.41, 5.74) is 0.743. The van der Waals surface area contributed by atoms with E-state index in [9.17, 15) is 22.8 Å². The molecule has 1 aliphatic rings. The maximum atomic E-state index is 13.1. The zero-order valence-electron chi connectivity index (χ0n) is 22.2. The molecule has 1 atom stereocenters. The lowest BCUT2D eigenvalue weighted by atomic mass is 10.1. The fourth-order valence-corrected chi connectivity index (χ4v) is 5.74. The third-order valence-corrected chi connectivity index (χ3v) is 7.63. The average Bonchev–Trinajstić information content (AvgIpc) is 2.86. The highest BCUT2D eigenvalue weighted by Gasteiger charge is 2.33. The Morgan fingerprint density at radius 1 is 0.842 bits per heavy atom. The maximum Gasteiger partial charge on any atom is 0.410 e. The molecule has 0 aliphatic carbocycles. The van der Waals surface area contributed by atoms with Gasteiger partial charge in [-0.15, -0.1) is 0 Å². The molecule has 9 nitrogen and oxygen atoms in total. The van der Waals surface area contributed by atoms with Crippen molar-refractivity contribution in [1.82, 2.24) is 9.80 Å². The molecule has 0 spiro atoms. The number of amides is 2. The molecule has 2 aromatic carbocycles. The topological polar surface area (TPSA) is 110 Å². The van der Waals surface area contributed by atoms with Gasteiger partial charge < -0.3 is 19.3 Å². The molecule has 1 saturated heterocycles. The molecule has 2 amide bonds. The summed E-state index contributed by atoms with van der Waals surface area (Å²) in [7, 11) is -3.72. The monoisotopic (exact) mass is 544 g/mol. The Bertz CT molecular complexity index is 1190. The van der Waals surface area contributed by atoms with Gasteiger partial charge >= 0.3 is 12.1 Å². The van der Waals surface area contributed by atoms with Crippen molar-refractivity contribution < 1.29 is 32.3 Å². The molecule has 10 heteroatoms. The predicted octanol–water partition coefficient (Wildman–Crippen LogP) is 3.43. The number of carbonyl (C=O) groups excluding carboxylic acids is 3. The first-order valence-corrected chi connectivity index (χ1v) is 14.4. The molecule has 2 aromatic rings. The summed E-state index contributed by atoms with van der Waals surface area (Å²) >= 11 is 0. The number of esters is 1. The fourth-order valence-electron chi connectivity index (χ4n) is 4.06. The molecule has 1 heterocycles. The first-order valence-electron chi connectivity index (χ1n) is 12.6. The van der Waals surface area contributed by atoms with Crippen LogP contribution in [-0.4, -0.2) is 73.7 Å². The van der Waals surface area contributed by atoms with Crippen LogP contribution in [0.4, 0.5) is 4.79 Å². The standard InChI is InChI=1S/C28H36N2O7S/c1-28(2,3)37-27(33)30-16-14-29(15-17-30)25(31)18-24(26(32)36-19-22-10-6-4-7-11-22)21-38(34,35)20-23-12-8-5-9-13-23/h4-13,24H,14-21H2,1-3H3/t24-/m0/s1. The number of benzene rings is 2. The number of nitrogens with zero attached hydrogens (tertiary/aromatic N) is 2. The molecule has 0 unspecified atom stereocenters. The summed E-state index contributed by atoms with van der Waals surface area (Å²) in [6.45, 7) is 6.44. The number of hydrogen-bond donors (Lipinski definition) is 0. The van der Waals surface area contributed by atoms with Gasteiger partial charge in [0, 0.05) is 32.6 Å². The van der Waals surface area contributed by atoms with Crippen molar-refractivity contribution >= 4 is 27.8 Å². The second kappa shape index (κ2) is 12.9. The van der Waals surface area contributed by atoms with Gasteiger partial charge in [0.2, 0.25) is 5.91 Å². The number of piperazine rings is 1. The molecule has 1 aliphatic heterocycles. The molecule has 0 saturated carbocycles. The first kappa shape index (κ1) is 29.2. The number of rotatable bonds is 9. The number of hydrogen-bond acceptors (Lipinski definition) is 7. The van der Waals surface area contributed by atoms with Gasteiger partial charge in [-0.1, -0.05) is 60.7 Å². The molecule has 3 rings (SSSR count). The van der Waals surface area contributed by atoms with Gasteiger partial charge in [-0.3, -0.25) is 9.59 Å². The molecular formula is C28H36N2O7S. The van der Waals surface area contributed by atoms with Crippen LogP contribution in [0.2, 0.25) is 0 Å². The summed E-state index contributed by atoms with van der Waals surface area (Å²) < 4.78 is 36.8. The molecule has 0 aromatic heterocycles. The van der Waals surface area contributed by atoms with Crippen LogP contribution < -0.4 is 0 Å². The number of sulfone groups is 1. The molecule has 0 bridgehead atoms. The summed E-state index contributed by atoms with van der Waals surface area (Å²) in [5.74, 6) is -2.97. The molecule has 206 valence electrons. The highest BCUT2D eigenvalue weighted by Crippen LogP contribution is 2.18. The van der Waals surface area contributed by atoms with E-state index in [0.29, 0.717) is 5.56 Å². The Labute approximate surface area is 224 Å². The Kier molecular flexibility index (Phi) is 9.90. The highest BCUT2D eigenvalue weighted by molar-refractivity contribution is 7.90. The second-order valence-corrected chi connectivity index (χ2v) is 12.5. The summed E-state index contributed by atoms with van der Waals surface area (Å²) in [6, 6.07) is 17.7. The third-order valence-electron chi connectivity index (χ3n) is 5.95. The summed E-state index contributed by atoms with van der Waals surface area (Å²) in [6.07, 6.45) is -0.743. The van der Waals surface area contributed by atoms with Crippen LogP contribution in [0.25, 0.3) is 0 Å². The summed E-state index contributed by atoms with van der Waals surface area (Å²) in [5, 5.41) is 0. The van der Waals surface area contributed by atoms with Crippen LogP contribution in [-0.2, 0) is 41.3 Å². The SMILES string of the molecule is CC(C)(C)OC(=O)N1CCN(C(=O)C[C@@H](CS(=O)(=O)Cc2ccccc2)C(=O)OCc2ccccc2)CC1. The summed E-state index contributed by atoms with van der Waals surface area (Å²) in [4.78, 5) is 41.5. The van der Waals surface area contributed by atoms with E-state index in [4.69, 9.17) is 9.47 Å². The third kappa shape index (κ3) is 9.48. The Hall–Kier alpha value is -3.40. The van der Waals surface area contributed by atoms with E-state index < -0.39 is 39.2 Å². The van der Waals surface area contributed by atoms with Crippen LogP contribution in [0.5, 0.6) is 0 Å². The van der Waals surface area contributed by atoms with E-state index in [-0.39, 0.29) is 50.9 Å². The van der Waals surface area contributed by atoms with Crippen molar-refractivity contribution in [3.63, 3.8) is 0 Å². The Morgan fingerprint density at radius 3 is 1.92 bits per heavy atom. The van der Waals surface area contributed by atoms with Crippen LogP contribution >= 0.6 is 0 Å². The van der Waals surface area contributed by atoms with Crippen LogP contribution in [0, 0.1) is 5.92 Å². The van der Waals surface area contributed by atoms with Crippen molar-refractivity contribution in [2.45, 2.75) is 45.2 Å². The highest BCUT2D eigenvalue weighted by atomic mass is 32.2. The van der Waals surface area contributed by atoms with Gasteiger partial charge in [-0.25, -0.2) is 13.2 Å². The van der Waals surface area contributed by atoms with E-state index in [1.54, 1.807) is 68.1 Å². The fraction of sp³-hybridized carbons (Fsp3) is 0.464. The smallest absolute Gasteiger partial charge is 0.410 e. The van der Waals surface area contributed by atoms with Crippen molar-refractivity contribution in [2.24, 2.45) is 5.92 Å². The first-order chi connectivity index (χ1) is 17.9. The van der Waals surface area contributed by atoms with Gasteiger partial charge in [0.15, 0.2) is 9.84 Å². The quantitative estimate of drug-likeness (QED) is 0.445. The van der Waals surface area contributed by atoms with Crippen molar-refractivity contribution in [1.29, 1.82) is 0 Å². The molecule has 0 N–H and O–H groups in total. The van der Waals surface area contributed by atoms with Gasteiger partial charge in [0.25, 0.3) is 0 Å². The zero-order chi connectivity index (χ0) is 27.8. The van der Waals surface area contributed by atoms with E-state index in [2.05, 4.69) is 0 Å². The van der Waals surface area contributed by atoms with Crippen molar-refractivity contribution in [2.75, 3.05) is 31.9 Å². The minimum Gasteiger partial charge on any atom is -0.461 e. The minimum atomic E-state index is -3.72. The Balaban J connectivity index is 1.65. The number of carbonyl (C=O) groups is 3. The van der Waals surface area contributed by atoms with E-state index in [1.807, 2.05) is 18.2 Å². The molecular weight excluding hydrogens is 508 g/mol. The van der Waals surface area contributed by atoms with Crippen LogP contribution in [0.1, 0.15) is 38.3 Å². The second-order valence-electron chi connectivity index (χ2n) is 10.4. The zero-order valence-corrected chi connectivity index (χ0v) is 23.0. The lowest BCUT2D eigenvalue weighted by Gasteiger charge is -2.36. The lowest BCUT2D eigenvalue weighted by Crippen LogP contribution is -2.52. The average molecular weight is 545 g/mol. The minimum absolute atomic E-state index is 0.0162. The van der Waals surface area contributed by atoms with Gasteiger partial charge in [0.05, 0.1) is 17.4 Å². The normalized spacial score (nSPS) is 15.0. The maximum absolute atomic E-state index is 13.1. The lowest BCUT2D eigenvalue weighted by molar-refractivity contribution is -0.152. The van der Waals surface area contributed by atoms with Crippen LogP contribution in [0.15, 0.2) is 60.7 Å². The molecule has 1 fully saturated rings. The predicted molar refractivity (Wildman–Crippen MR) is 143 cm³/mol. The van der Waals surface area contributed by atoms with E-state index in [0.717, 1.165) is 5.56 Å². The number of ether oxygens (including phenoxy) is 2. The van der Waals surface area contributed by atoms with Gasteiger partial charge in [-0.2, -0.15) is 0 Å². The Morgan fingerprint density at radius 2 is 1.37 bits per heavy atom. The molecule has 0 radical (unpaired) electrons. The van der Waals surface area contributed by atoms with Gasteiger partial charge in [0.1, 0.15) is 12.2 Å². The van der Waals surface area contributed by atoms with Crippen molar-refractivity contribution in [3.8, 4) is 0 Å².